The van der Waals surface area contributed by atoms with Crippen LogP contribution in [0.1, 0.15) is 44.1 Å². The van der Waals surface area contributed by atoms with Crippen molar-refractivity contribution < 1.29 is 4.74 Å². The molecule has 19 heavy (non-hydrogen) atoms. The number of piperidine rings is 1. The van der Waals surface area contributed by atoms with Crippen LogP contribution in [0, 0.1) is 5.92 Å². The minimum absolute atomic E-state index is 0. The summed E-state index contributed by atoms with van der Waals surface area (Å²) in [5.41, 5.74) is 1.88. The zero-order chi connectivity index (χ0) is 12.6. The molecule has 0 spiro atoms. The Labute approximate surface area is 126 Å². The van der Waals surface area contributed by atoms with Crippen LogP contribution < -0.4 is 10.1 Å². The molecule has 3 rings (SSSR count). The first-order chi connectivity index (χ1) is 8.70. The minimum Gasteiger partial charge on any atom is -0.497 e. The minimum atomic E-state index is 0. The van der Waals surface area contributed by atoms with Gasteiger partial charge >= 0.3 is 0 Å². The van der Waals surface area contributed by atoms with Gasteiger partial charge in [-0.1, -0.05) is 12.1 Å². The molecular weight excluding hydrogens is 302 g/mol. The quantitative estimate of drug-likeness (QED) is 0.890. The number of ether oxygens (including phenoxy) is 1. The molecule has 2 fully saturated rings. The molecule has 0 radical (unpaired) electrons. The van der Waals surface area contributed by atoms with Crippen LogP contribution in [0.5, 0.6) is 5.75 Å². The monoisotopic (exact) mass is 325 g/mol. The predicted octanol–water partition coefficient (Wildman–Crippen LogP) is 3.91. The van der Waals surface area contributed by atoms with E-state index < -0.39 is 0 Å². The first-order valence-electron chi connectivity index (χ1n) is 7.09. The Morgan fingerprint density at radius 1 is 1.32 bits per heavy atom. The largest absolute Gasteiger partial charge is 0.497 e. The molecule has 1 aliphatic heterocycles. The molecule has 3 atom stereocenters. The molecular formula is C16H24BrNO. The Kier molecular flexibility index (Phi) is 4.57. The number of benzene rings is 1. The number of hydrogen-bond donors (Lipinski definition) is 1. The van der Waals surface area contributed by atoms with E-state index in [0.717, 1.165) is 17.6 Å². The zero-order valence-electron chi connectivity index (χ0n) is 11.8. The molecule has 1 heterocycles. The summed E-state index contributed by atoms with van der Waals surface area (Å²) in [6, 6.07) is 8.68. The van der Waals surface area contributed by atoms with E-state index in [9.17, 15) is 0 Å². The van der Waals surface area contributed by atoms with Crippen molar-refractivity contribution in [1.82, 2.24) is 5.32 Å². The van der Waals surface area contributed by atoms with E-state index in [-0.39, 0.29) is 17.0 Å². The summed E-state index contributed by atoms with van der Waals surface area (Å²) in [6.07, 6.45) is 5.25. The van der Waals surface area contributed by atoms with E-state index in [2.05, 4.69) is 30.4 Å². The second-order valence-electron chi connectivity index (χ2n) is 6.16. The van der Waals surface area contributed by atoms with Gasteiger partial charge in [-0.25, -0.2) is 0 Å². The lowest BCUT2D eigenvalue weighted by Crippen LogP contribution is -2.52. The van der Waals surface area contributed by atoms with E-state index in [4.69, 9.17) is 4.74 Å². The maximum atomic E-state index is 5.36. The van der Waals surface area contributed by atoms with Gasteiger partial charge in [0.15, 0.2) is 0 Å². The van der Waals surface area contributed by atoms with Gasteiger partial charge in [0.1, 0.15) is 5.75 Å². The van der Waals surface area contributed by atoms with Gasteiger partial charge in [-0.05, 0) is 68.7 Å². The van der Waals surface area contributed by atoms with Crippen molar-refractivity contribution in [3.63, 3.8) is 0 Å². The number of hydrogen-bond acceptors (Lipinski definition) is 2. The maximum Gasteiger partial charge on any atom is 0.119 e. The van der Waals surface area contributed by atoms with Crippen LogP contribution in [0.25, 0.3) is 0 Å². The lowest BCUT2D eigenvalue weighted by Gasteiger charge is -2.48. The predicted molar refractivity (Wildman–Crippen MR) is 84.4 cm³/mol. The summed E-state index contributed by atoms with van der Waals surface area (Å²) >= 11 is 0. The number of methoxy groups -OCH3 is 1. The van der Waals surface area contributed by atoms with Crippen LogP contribution in [0.4, 0.5) is 0 Å². The van der Waals surface area contributed by atoms with Gasteiger partial charge in [-0.2, -0.15) is 0 Å². The first kappa shape index (κ1) is 14.9. The standard InChI is InChI=1S/C16H23NO.BrH/c1-16-8-6-15(13(11-16)7-9-17-16)12-4-3-5-14(10-12)18-2;/h3-5,10,13,15,17H,6-9,11H2,1-2H3;1H. The smallest absolute Gasteiger partial charge is 0.119 e. The topological polar surface area (TPSA) is 21.3 Å². The normalized spacial score (nSPS) is 33.4. The van der Waals surface area contributed by atoms with Crippen LogP contribution in [-0.4, -0.2) is 19.2 Å². The molecule has 0 amide bonds. The molecule has 2 aliphatic rings. The third kappa shape index (κ3) is 2.97. The van der Waals surface area contributed by atoms with Gasteiger partial charge in [0.2, 0.25) is 0 Å². The van der Waals surface area contributed by atoms with Crippen molar-refractivity contribution in [3.05, 3.63) is 29.8 Å². The highest BCUT2D eigenvalue weighted by Crippen LogP contribution is 2.46. The molecule has 3 unspecified atom stereocenters. The molecule has 3 heteroatoms. The number of rotatable bonds is 2. The summed E-state index contributed by atoms with van der Waals surface area (Å²) in [5, 5.41) is 3.70. The maximum absolute atomic E-state index is 5.36. The van der Waals surface area contributed by atoms with Gasteiger partial charge in [-0.3, -0.25) is 0 Å². The average Bonchev–Trinajstić information content (AvgIpc) is 2.38. The summed E-state index contributed by atoms with van der Waals surface area (Å²) in [5.74, 6) is 2.57. The third-order valence-corrected chi connectivity index (χ3v) is 4.88. The summed E-state index contributed by atoms with van der Waals surface area (Å²) in [4.78, 5) is 0. The molecule has 2 bridgehead atoms. The summed E-state index contributed by atoms with van der Waals surface area (Å²) in [7, 11) is 1.75. The Bertz CT molecular complexity index is 437. The highest BCUT2D eigenvalue weighted by molar-refractivity contribution is 8.93. The zero-order valence-corrected chi connectivity index (χ0v) is 13.5. The van der Waals surface area contributed by atoms with Crippen molar-refractivity contribution in [2.45, 2.75) is 44.1 Å². The van der Waals surface area contributed by atoms with Crippen molar-refractivity contribution >= 4 is 17.0 Å². The number of fused-ring (bicyclic) bond motifs is 2. The van der Waals surface area contributed by atoms with Crippen LogP contribution >= 0.6 is 17.0 Å². The summed E-state index contributed by atoms with van der Waals surface area (Å²) < 4.78 is 5.36. The molecule has 2 nitrogen and oxygen atoms in total. The van der Waals surface area contributed by atoms with E-state index in [1.54, 1.807) is 7.11 Å². The number of nitrogens with one attached hydrogen (secondary N) is 1. The van der Waals surface area contributed by atoms with Gasteiger partial charge < -0.3 is 10.1 Å². The Balaban J connectivity index is 0.00000133. The van der Waals surface area contributed by atoms with Crippen LogP contribution in [-0.2, 0) is 0 Å². The molecule has 106 valence electrons. The highest BCUT2D eigenvalue weighted by atomic mass is 79.9. The fourth-order valence-electron chi connectivity index (χ4n) is 3.87. The first-order valence-corrected chi connectivity index (χ1v) is 7.09. The lowest BCUT2D eigenvalue weighted by atomic mass is 9.65. The molecule has 1 aliphatic carbocycles. The van der Waals surface area contributed by atoms with Crippen molar-refractivity contribution in [1.29, 1.82) is 0 Å². The lowest BCUT2D eigenvalue weighted by molar-refractivity contribution is 0.124. The van der Waals surface area contributed by atoms with Crippen molar-refractivity contribution in [2.75, 3.05) is 13.7 Å². The van der Waals surface area contributed by atoms with Crippen LogP contribution in [0.2, 0.25) is 0 Å². The van der Waals surface area contributed by atoms with Gasteiger partial charge in [-0.15, -0.1) is 17.0 Å². The Hall–Kier alpha value is -0.540. The second-order valence-corrected chi connectivity index (χ2v) is 6.16. The third-order valence-electron chi connectivity index (χ3n) is 4.88. The number of halogens is 1. The van der Waals surface area contributed by atoms with Gasteiger partial charge in [0.25, 0.3) is 0 Å². The van der Waals surface area contributed by atoms with Crippen molar-refractivity contribution in [2.24, 2.45) is 5.92 Å². The molecule has 0 aromatic heterocycles. The van der Waals surface area contributed by atoms with E-state index >= 15 is 0 Å². The second kappa shape index (κ2) is 5.84. The van der Waals surface area contributed by atoms with Gasteiger partial charge in [0, 0.05) is 5.54 Å². The molecule has 1 N–H and O–H groups in total. The van der Waals surface area contributed by atoms with Crippen molar-refractivity contribution in [3.8, 4) is 5.75 Å². The van der Waals surface area contributed by atoms with E-state index in [0.29, 0.717) is 5.54 Å². The highest BCUT2D eigenvalue weighted by Gasteiger charge is 2.40. The Morgan fingerprint density at radius 2 is 2.16 bits per heavy atom. The molecule has 1 saturated carbocycles. The average molecular weight is 326 g/mol. The SMILES string of the molecule is Br.COc1cccc(C2CCC3(C)CC2CCN3)c1. The molecule has 1 saturated heterocycles. The fraction of sp³-hybridized carbons (Fsp3) is 0.625. The van der Waals surface area contributed by atoms with Gasteiger partial charge in [0.05, 0.1) is 7.11 Å². The fourth-order valence-corrected chi connectivity index (χ4v) is 3.87. The van der Waals surface area contributed by atoms with E-state index in [1.165, 1.54) is 37.8 Å². The molecule has 1 aromatic carbocycles. The Morgan fingerprint density at radius 3 is 2.95 bits per heavy atom. The van der Waals surface area contributed by atoms with Crippen LogP contribution in [0.15, 0.2) is 24.3 Å². The van der Waals surface area contributed by atoms with Crippen LogP contribution in [0.3, 0.4) is 0 Å². The summed E-state index contributed by atoms with van der Waals surface area (Å²) in [6.45, 7) is 3.57. The van der Waals surface area contributed by atoms with E-state index in [1.807, 2.05) is 6.07 Å². The molecule has 1 aromatic rings.